The van der Waals surface area contributed by atoms with Crippen LogP contribution in [0.4, 0.5) is 13.2 Å². The highest BCUT2D eigenvalue weighted by Gasteiger charge is 2.38. The first kappa shape index (κ1) is 20.9. The fourth-order valence-electron chi connectivity index (χ4n) is 2.52. The van der Waals surface area contributed by atoms with E-state index in [-0.39, 0.29) is 12.4 Å². The smallest absolute Gasteiger partial charge is 0.475 e. The summed E-state index contributed by atoms with van der Waals surface area (Å²) in [4.78, 5) is 8.90. The van der Waals surface area contributed by atoms with Crippen LogP contribution in [0.1, 0.15) is 11.1 Å². The van der Waals surface area contributed by atoms with Crippen LogP contribution in [0.15, 0.2) is 60.7 Å². The van der Waals surface area contributed by atoms with E-state index in [1.54, 1.807) is 0 Å². The average molecular weight is 390 g/mol. The van der Waals surface area contributed by atoms with Gasteiger partial charge in [-0.2, -0.15) is 13.2 Å². The summed E-state index contributed by atoms with van der Waals surface area (Å²) < 4.78 is 31.7. The molecule has 5 nitrogen and oxygen atoms in total. The van der Waals surface area contributed by atoms with E-state index in [0.717, 1.165) is 33.0 Å². The first-order valence-corrected chi connectivity index (χ1v) is 8.01. The number of fused-ring (bicyclic) bond motifs is 1. The largest absolute Gasteiger partial charge is 0.490 e. The summed E-state index contributed by atoms with van der Waals surface area (Å²) in [5, 5.41) is 26.2. The number of carboxylic acids is 1. The molecule has 0 aliphatic heterocycles. The Kier molecular flexibility index (Phi) is 6.37. The molecular weight excluding hydrogens is 373 g/mol. The van der Waals surface area contributed by atoms with Crippen LogP contribution in [0.5, 0.6) is 0 Å². The average Bonchev–Trinajstić information content (AvgIpc) is 2.66. The number of carboxylic acid groups (broad SMARTS) is 1. The summed E-state index contributed by atoms with van der Waals surface area (Å²) in [6, 6.07) is 19.7. The number of carbonyl (C=O) groups is 1. The van der Waals surface area contributed by atoms with Gasteiger partial charge in [-0.1, -0.05) is 48.5 Å². The second kappa shape index (κ2) is 8.53. The number of amidine groups is 1. The van der Waals surface area contributed by atoms with Crippen LogP contribution in [0.2, 0.25) is 0 Å². The molecule has 0 amide bonds. The van der Waals surface area contributed by atoms with Crippen molar-refractivity contribution >= 4 is 22.6 Å². The molecule has 8 heteroatoms. The van der Waals surface area contributed by atoms with Crippen molar-refractivity contribution < 1.29 is 28.2 Å². The van der Waals surface area contributed by atoms with Gasteiger partial charge < -0.3 is 15.9 Å². The molecule has 0 saturated carbocycles. The Morgan fingerprint density at radius 1 is 1.00 bits per heavy atom. The first-order valence-electron chi connectivity index (χ1n) is 8.01. The van der Waals surface area contributed by atoms with Gasteiger partial charge in [0.05, 0.1) is 6.61 Å². The standard InChI is InChI=1S/C18H16N2O.C2HF3O2/c19-18(20)15-8-6-12-9-14(7-5-13(12)10-15)17-4-2-1-3-16(17)11-21;3-2(4,5)1(6)7/h1-10,21H,11H2,(H3,19,20);(H,6,7). The fourth-order valence-corrected chi connectivity index (χ4v) is 2.52. The Morgan fingerprint density at radius 3 is 2.14 bits per heavy atom. The molecule has 0 radical (unpaired) electrons. The molecule has 0 bridgehead atoms. The normalized spacial score (nSPS) is 10.9. The van der Waals surface area contributed by atoms with Crippen molar-refractivity contribution in [3.05, 3.63) is 71.8 Å². The second-order valence-corrected chi connectivity index (χ2v) is 5.81. The van der Waals surface area contributed by atoms with E-state index in [0.29, 0.717) is 0 Å². The van der Waals surface area contributed by atoms with Crippen molar-refractivity contribution in [2.75, 3.05) is 0 Å². The number of nitrogen functional groups attached to an aromatic ring is 1. The number of alkyl halides is 3. The van der Waals surface area contributed by atoms with Crippen molar-refractivity contribution in [3.63, 3.8) is 0 Å². The third kappa shape index (κ3) is 5.08. The molecule has 0 aromatic heterocycles. The lowest BCUT2D eigenvalue weighted by Crippen LogP contribution is -2.21. The molecular formula is C20H17F3N2O3. The topological polar surface area (TPSA) is 107 Å². The molecule has 0 spiro atoms. The van der Waals surface area contributed by atoms with Crippen LogP contribution < -0.4 is 5.73 Å². The molecule has 0 heterocycles. The minimum absolute atomic E-state index is 0.0253. The third-order valence-corrected chi connectivity index (χ3v) is 3.89. The van der Waals surface area contributed by atoms with E-state index < -0.39 is 12.1 Å². The first-order chi connectivity index (χ1) is 13.1. The van der Waals surface area contributed by atoms with Gasteiger partial charge in [-0.3, -0.25) is 5.41 Å². The number of nitrogens with one attached hydrogen (secondary N) is 1. The van der Waals surface area contributed by atoms with Crippen LogP contribution in [-0.4, -0.2) is 28.2 Å². The summed E-state index contributed by atoms with van der Waals surface area (Å²) in [6.45, 7) is 0.0253. The van der Waals surface area contributed by atoms with Crippen molar-refractivity contribution in [1.29, 1.82) is 5.41 Å². The lowest BCUT2D eigenvalue weighted by atomic mass is 9.96. The number of rotatable bonds is 3. The zero-order valence-electron chi connectivity index (χ0n) is 14.5. The zero-order chi connectivity index (χ0) is 20.9. The summed E-state index contributed by atoms with van der Waals surface area (Å²) in [6.07, 6.45) is -5.08. The predicted molar refractivity (Wildman–Crippen MR) is 100 cm³/mol. The lowest BCUT2D eigenvalue weighted by molar-refractivity contribution is -0.192. The van der Waals surface area contributed by atoms with Gasteiger partial charge in [0.2, 0.25) is 0 Å². The number of aliphatic hydroxyl groups excluding tert-OH is 1. The van der Waals surface area contributed by atoms with E-state index >= 15 is 0 Å². The van der Waals surface area contributed by atoms with Gasteiger partial charge in [-0.15, -0.1) is 0 Å². The SMILES string of the molecule is N=C(N)c1ccc2cc(-c3ccccc3CO)ccc2c1.O=C(O)C(F)(F)F. The molecule has 0 aliphatic rings. The third-order valence-electron chi connectivity index (χ3n) is 3.89. The van der Waals surface area contributed by atoms with Crippen LogP contribution in [0.25, 0.3) is 21.9 Å². The number of hydrogen-bond donors (Lipinski definition) is 4. The van der Waals surface area contributed by atoms with Gasteiger partial charge in [0.25, 0.3) is 0 Å². The molecule has 0 fully saturated rings. The molecule has 5 N–H and O–H groups in total. The molecule has 0 unspecified atom stereocenters. The maximum Gasteiger partial charge on any atom is 0.490 e. The van der Waals surface area contributed by atoms with Crippen LogP contribution >= 0.6 is 0 Å². The van der Waals surface area contributed by atoms with E-state index in [9.17, 15) is 18.3 Å². The van der Waals surface area contributed by atoms with Gasteiger partial charge in [-0.25, -0.2) is 4.79 Å². The highest BCUT2D eigenvalue weighted by molar-refractivity contribution is 5.99. The molecule has 3 aromatic rings. The molecule has 0 aliphatic carbocycles. The number of aliphatic carboxylic acids is 1. The molecule has 28 heavy (non-hydrogen) atoms. The van der Waals surface area contributed by atoms with Crippen LogP contribution in [-0.2, 0) is 11.4 Å². The van der Waals surface area contributed by atoms with E-state index in [1.165, 1.54) is 0 Å². The summed E-state index contributed by atoms with van der Waals surface area (Å²) >= 11 is 0. The van der Waals surface area contributed by atoms with Gasteiger partial charge in [0.1, 0.15) is 5.84 Å². The minimum atomic E-state index is -5.08. The lowest BCUT2D eigenvalue weighted by Gasteiger charge is -2.09. The van der Waals surface area contributed by atoms with Crippen molar-refractivity contribution in [2.45, 2.75) is 12.8 Å². The Morgan fingerprint density at radius 2 is 1.57 bits per heavy atom. The highest BCUT2D eigenvalue weighted by atomic mass is 19.4. The van der Waals surface area contributed by atoms with E-state index in [2.05, 4.69) is 6.07 Å². The van der Waals surface area contributed by atoms with E-state index in [1.807, 2.05) is 54.6 Å². The number of aliphatic hydroxyl groups is 1. The predicted octanol–water partition coefficient (Wildman–Crippen LogP) is 3.92. The molecule has 0 saturated heterocycles. The Bertz CT molecular complexity index is 1020. The zero-order valence-corrected chi connectivity index (χ0v) is 14.5. The number of halogens is 3. The van der Waals surface area contributed by atoms with Gasteiger partial charge in [0, 0.05) is 5.56 Å². The monoisotopic (exact) mass is 390 g/mol. The Balaban J connectivity index is 0.000000345. The summed E-state index contributed by atoms with van der Waals surface area (Å²) in [7, 11) is 0. The highest BCUT2D eigenvalue weighted by Crippen LogP contribution is 2.27. The summed E-state index contributed by atoms with van der Waals surface area (Å²) in [5.74, 6) is -2.68. The van der Waals surface area contributed by atoms with Crippen molar-refractivity contribution in [3.8, 4) is 11.1 Å². The van der Waals surface area contributed by atoms with Gasteiger partial charge >= 0.3 is 12.1 Å². The second-order valence-electron chi connectivity index (χ2n) is 5.81. The maximum atomic E-state index is 10.6. The van der Waals surface area contributed by atoms with Crippen molar-refractivity contribution in [2.24, 2.45) is 5.73 Å². The number of hydrogen-bond acceptors (Lipinski definition) is 3. The van der Waals surface area contributed by atoms with E-state index in [4.69, 9.17) is 21.0 Å². The van der Waals surface area contributed by atoms with Crippen molar-refractivity contribution in [1.82, 2.24) is 0 Å². The van der Waals surface area contributed by atoms with Crippen LogP contribution in [0, 0.1) is 5.41 Å². The summed E-state index contributed by atoms with van der Waals surface area (Å²) in [5.41, 5.74) is 9.27. The molecule has 146 valence electrons. The van der Waals surface area contributed by atoms with Gasteiger partial charge in [-0.05, 0) is 39.6 Å². The maximum absolute atomic E-state index is 10.6. The number of nitrogens with two attached hydrogens (primary N) is 1. The van der Waals surface area contributed by atoms with Crippen LogP contribution in [0.3, 0.4) is 0 Å². The molecule has 3 aromatic carbocycles. The fraction of sp³-hybridized carbons (Fsp3) is 0.100. The molecule has 3 rings (SSSR count). The Labute approximate surface area is 158 Å². The Hall–Kier alpha value is -3.39. The number of benzene rings is 3. The van der Waals surface area contributed by atoms with Gasteiger partial charge in [0.15, 0.2) is 0 Å². The quantitative estimate of drug-likeness (QED) is 0.402. The minimum Gasteiger partial charge on any atom is -0.475 e. The molecule has 0 atom stereocenters.